The lowest BCUT2D eigenvalue weighted by atomic mass is 9.78. The first kappa shape index (κ1) is 12.7. The van der Waals surface area contributed by atoms with Gasteiger partial charge in [-0.1, -0.05) is 0 Å². The summed E-state index contributed by atoms with van der Waals surface area (Å²) in [5, 5.41) is 0. The lowest BCUT2D eigenvalue weighted by molar-refractivity contribution is -0.0384. The van der Waals surface area contributed by atoms with E-state index in [1.807, 2.05) is 6.26 Å². The van der Waals surface area contributed by atoms with Crippen molar-refractivity contribution in [3.05, 3.63) is 18.6 Å². The van der Waals surface area contributed by atoms with Gasteiger partial charge in [0.1, 0.15) is 6.26 Å². The van der Waals surface area contributed by atoms with Crippen molar-refractivity contribution >= 4 is 5.69 Å². The first-order chi connectivity index (χ1) is 9.83. The Kier molecular flexibility index (Phi) is 3.23. The van der Waals surface area contributed by atoms with Crippen molar-refractivity contribution < 1.29 is 4.42 Å². The van der Waals surface area contributed by atoms with Crippen LogP contribution in [0.2, 0.25) is 0 Å². The van der Waals surface area contributed by atoms with Gasteiger partial charge in [-0.05, 0) is 44.8 Å². The molecule has 4 aliphatic rings. The second-order valence-electron chi connectivity index (χ2n) is 6.61. The summed E-state index contributed by atoms with van der Waals surface area (Å²) >= 11 is 0. The molecular weight excluding hydrogens is 250 g/mol. The number of piperazine rings is 1. The van der Waals surface area contributed by atoms with Gasteiger partial charge in [0.25, 0.3) is 0 Å². The van der Waals surface area contributed by atoms with Gasteiger partial charge in [-0.3, -0.25) is 9.80 Å². The largest absolute Gasteiger partial charge is 0.470 e. The zero-order valence-electron chi connectivity index (χ0n) is 12.4. The van der Waals surface area contributed by atoms with Gasteiger partial charge in [-0.2, -0.15) is 0 Å². The minimum absolute atomic E-state index is 0.753. The highest BCUT2D eigenvalue weighted by Crippen LogP contribution is 2.35. The van der Waals surface area contributed by atoms with Crippen molar-refractivity contribution in [3.63, 3.8) is 0 Å². The Morgan fingerprint density at radius 2 is 1.75 bits per heavy atom. The highest BCUT2D eigenvalue weighted by atomic mass is 16.3. The molecule has 0 aromatic carbocycles. The molecule has 20 heavy (non-hydrogen) atoms. The van der Waals surface area contributed by atoms with E-state index in [1.165, 1.54) is 44.7 Å². The molecule has 0 saturated carbocycles. The fraction of sp³-hybridized carbons (Fsp3) is 0.750. The fourth-order valence-electron chi connectivity index (χ4n) is 4.60. The van der Waals surface area contributed by atoms with E-state index in [-0.39, 0.29) is 0 Å². The normalized spacial score (nSPS) is 38.4. The monoisotopic (exact) mass is 275 g/mol. The third kappa shape index (κ3) is 2.06. The molecule has 4 saturated heterocycles. The van der Waals surface area contributed by atoms with Gasteiger partial charge in [-0.15, -0.1) is 0 Å². The zero-order valence-corrected chi connectivity index (χ0v) is 12.4. The number of hydrogen-bond acceptors (Lipinski definition) is 4. The molecule has 5 rings (SSSR count). The molecule has 4 fully saturated rings. The molecule has 0 unspecified atom stereocenters. The minimum atomic E-state index is 0.753. The molecule has 0 spiro atoms. The van der Waals surface area contributed by atoms with Gasteiger partial charge < -0.3 is 9.32 Å². The molecule has 4 nitrogen and oxygen atoms in total. The topological polar surface area (TPSA) is 22.9 Å². The molecule has 110 valence electrons. The molecule has 5 heterocycles. The molecule has 0 radical (unpaired) electrons. The second kappa shape index (κ2) is 5.08. The summed E-state index contributed by atoms with van der Waals surface area (Å²) in [6.45, 7) is 9.77. The van der Waals surface area contributed by atoms with Crippen LogP contribution in [-0.4, -0.2) is 61.2 Å². The van der Waals surface area contributed by atoms with E-state index >= 15 is 0 Å². The van der Waals surface area contributed by atoms with E-state index in [0.717, 1.165) is 31.1 Å². The molecule has 1 aromatic heterocycles. The molecule has 0 aliphatic carbocycles. The van der Waals surface area contributed by atoms with Crippen LogP contribution in [0.5, 0.6) is 0 Å². The third-order valence-corrected chi connectivity index (χ3v) is 5.73. The van der Waals surface area contributed by atoms with Gasteiger partial charge in [0.05, 0.1) is 12.0 Å². The fourth-order valence-corrected chi connectivity index (χ4v) is 4.60. The molecule has 1 aromatic rings. The summed E-state index contributed by atoms with van der Waals surface area (Å²) in [6, 6.07) is 3.62. The van der Waals surface area contributed by atoms with Crippen LogP contribution in [0.15, 0.2) is 23.0 Å². The predicted octanol–water partition coefficient (Wildman–Crippen LogP) is 1.88. The predicted molar refractivity (Wildman–Crippen MR) is 80.0 cm³/mol. The summed E-state index contributed by atoms with van der Waals surface area (Å²) in [6.07, 6.45) is 6.47. The van der Waals surface area contributed by atoms with Crippen molar-refractivity contribution in [3.8, 4) is 0 Å². The maximum absolute atomic E-state index is 5.21. The van der Waals surface area contributed by atoms with Crippen molar-refractivity contribution in [2.75, 3.05) is 44.2 Å². The molecule has 2 bridgehead atoms. The van der Waals surface area contributed by atoms with Gasteiger partial charge in [0, 0.05) is 38.3 Å². The lowest BCUT2D eigenvalue weighted by Gasteiger charge is -2.55. The van der Waals surface area contributed by atoms with Crippen LogP contribution in [0.1, 0.15) is 19.8 Å². The van der Waals surface area contributed by atoms with Crippen molar-refractivity contribution in [1.29, 1.82) is 0 Å². The average molecular weight is 275 g/mol. The number of anilines is 1. The summed E-state index contributed by atoms with van der Waals surface area (Å²) in [4.78, 5) is 7.91. The van der Waals surface area contributed by atoms with Crippen molar-refractivity contribution in [1.82, 2.24) is 9.80 Å². The number of fused-ring (bicyclic) bond motifs is 3. The number of furan rings is 1. The van der Waals surface area contributed by atoms with Gasteiger partial charge in [0.15, 0.2) is 0 Å². The van der Waals surface area contributed by atoms with E-state index in [9.17, 15) is 0 Å². The van der Waals surface area contributed by atoms with Gasteiger partial charge in [0.2, 0.25) is 0 Å². The zero-order chi connectivity index (χ0) is 13.5. The first-order valence-corrected chi connectivity index (χ1v) is 8.08. The number of hydrogen-bond donors (Lipinski definition) is 0. The summed E-state index contributed by atoms with van der Waals surface area (Å²) < 4.78 is 5.21. The lowest BCUT2D eigenvalue weighted by Crippen LogP contribution is -2.65. The van der Waals surface area contributed by atoms with E-state index in [4.69, 9.17) is 4.42 Å². The van der Waals surface area contributed by atoms with Crippen LogP contribution in [0, 0.1) is 5.92 Å². The highest BCUT2D eigenvalue weighted by Gasteiger charge is 2.43. The maximum Gasteiger partial charge on any atom is 0.114 e. The maximum atomic E-state index is 5.21. The quantitative estimate of drug-likeness (QED) is 0.822. The molecule has 4 heteroatoms. The summed E-state index contributed by atoms with van der Waals surface area (Å²) in [5.74, 6) is 0.940. The van der Waals surface area contributed by atoms with E-state index < -0.39 is 0 Å². The number of rotatable bonds is 2. The molecule has 4 aliphatic heterocycles. The van der Waals surface area contributed by atoms with Crippen LogP contribution in [0.4, 0.5) is 5.69 Å². The first-order valence-electron chi connectivity index (χ1n) is 8.08. The van der Waals surface area contributed by atoms with E-state index in [1.54, 1.807) is 6.26 Å². The van der Waals surface area contributed by atoms with Crippen LogP contribution >= 0.6 is 0 Å². The number of nitrogens with zero attached hydrogens (tertiary/aromatic N) is 3. The minimum Gasteiger partial charge on any atom is -0.470 e. The second-order valence-corrected chi connectivity index (χ2v) is 6.61. The third-order valence-electron chi connectivity index (χ3n) is 5.73. The van der Waals surface area contributed by atoms with Crippen LogP contribution < -0.4 is 4.90 Å². The van der Waals surface area contributed by atoms with E-state index in [0.29, 0.717) is 0 Å². The standard InChI is InChI=1S/C16H25N3O/c1-13-16(14-2-5-17(13)6-3-14)19-9-7-18(8-10-19)15-4-11-20-12-15/h4,11-14,16H,2-3,5-10H2,1H3/t13-,16-/m0/s1. The van der Waals surface area contributed by atoms with Crippen molar-refractivity contribution in [2.45, 2.75) is 31.8 Å². The van der Waals surface area contributed by atoms with Crippen LogP contribution in [-0.2, 0) is 0 Å². The molecule has 2 atom stereocenters. The Morgan fingerprint density at radius 1 is 1.00 bits per heavy atom. The Bertz CT molecular complexity index is 429. The Balaban J connectivity index is 1.42. The Hall–Kier alpha value is -1.00. The van der Waals surface area contributed by atoms with Crippen LogP contribution in [0.3, 0.4) is 0 Å². The Labute approximate surface area is 121 Å². The summed E-state index contributed by atoms with van der Waals surface area (Å²) in [5.41, 5.74) is 1.24. The average Bonchev–Trinajstić information content (AvgIpc) is 3.03. The number of piperidine rings is 3. The van der Waals surface area contributed by atoms with Gasteiger partial charge in [-0.25, -0.2) is 0 Å². The van der Waals surface area contributed by atoms with Crippen molar-refractivity contribution in [2.24, 2.45) is 5.92 Å². The molecule has 0 amide bonds. The molecular formula is C16H25N3O. The molecule has 0 N–H and O–H groups in total. The Morgan fingerprint density at radius 3 is 2.35 bits per heavy atom. The summed E-state index contributed by atoms with van der Waals surface area (Å²) in [7, 11) is 0. The van der Waals surface area contributed by atoms with E-state index in [2.05, 4.69) is 27.7 Å². The highest BCUT2D eigenvalue weighted by molar-refractivity contribution is 5.43. The van der Waals surface area contributed by atoms with Crippen LogP contribution in [0.25, 0.3) is 0 Å². The SMILES string of the molecule is C[C@H]1[C@H](N2CCN(c3ccoc3)CC2)C2CCN1CC2. The van der Waals surface area contributed by atoms with Gasteiger partial charge >= 0.3 is 0 Å². The smallest absolute Gasteiger partial charge is 0.114 e.